The largest absolute Gasteiger partial charge is 0.456 e. The Balaban J connectivity index is 3.03. The predicted octanol–water partition coefficient (Wildman–Crippen LogP) is -0.726. The quantitative estimate of drug-likeness (QED) is 0.533. The van der Waals surface area contributed by atoms with Gasteiger partial charge in [-0.2, -0.15) is 0 Å². The van der Waals surface area contributed by atoms with Crippen LogP contribution in [0.2, 0.25) is 0 Å². The van der Waals surface area contributed by atoms with Crippen LogP contribution in [-0.2, 0) is 38.1 Å². The van der Waals surface area contributed by atoms with Crippen LogP contribution in [0.25, 0.3) is 0 Å². The summed E-state index contributed by atoms with van der Waals surface area (Å²) >= 11 is 0. The van der Waals surface area contributed by atoms with Gasteiger partial charge in [-0.3, -0.25) is 19.2 Å². The number of amides is 1. The van der Waals surface area contributed by atoms with Crippen molar-refractivity contribution in [3.05, 3.63) is 0 Å². The molecule has 9 nitrogen and oxygen atoms in total. The van der Waals surface area contributed by atoms with Gasteiger partial charge in [0.25, 0.3) is 0 Å². The Bertz CT molecular complexity index is 421. The molecule has 0 radical (unpaired) electrons. The van der Waals surface area contributed by atoms with Gasteiger partial charge in [0.05, 0.1) is 6.61 Å². The van der Waals surface area contributed by atoms with E-state index >= 15 is 0 Å². The lowest BCUT2D eigenvalue weighted by Crippen LogP contribution is -2.62. The number of ether oxygens (including phenoxy) is 4. The van der Waals surface area contributed by atoms with Crippen molar-refractivity contribution in [3.63, 3.8) is 0 Å². The number of carbonyl (C=O) groups is 4. The molecule has 0 bridgehead atoms. The van der Waals surface area contributed by atoms with Crippen molar-refractivity contribution in [2.45, 2.75) is 52.2 Å². The molecule has 124 valence electrons. The van der Waals surface area contributed by atoms with Crippen LogP contribution >= 0.6 is 0 Å². The van der Waals surface area contributed by atoms with Gasteiger partial charge in [-0.15, -0.1) is 0 Å². The van der Waals surface area contributed by atoms with Gasteiger partial charge >= 0.3 is 17.9 Å². The molecule has 1 heterocycles. The molecule has 1 rings (SSSR count). The third-order valence-electron chi connectivity index (χ3n) is 2.70. The fraction of sp³-hybridized carbons (Fsp3) is 0.692. The van der Waals surface area contributed by atoms with E-state index in [1.54, 1.807) is 0 Å². The van der Waals surface area contributed by atoms with E-state index in [0.29, 0.717) is 0 Å². The number of rotatable bonds is 4. The van der Waals surface area contributed by atoms with E-state index in [1.807, 2.05) is 0 Å². The molecule has 0 aromatic heterocycles. The Kier molecular flexibility index (Phi) is 6.29. The van der Waals surface area contributed by atoms with Crippen LogP contribution in [0, 0.1) is 0 Å². The molecule has 1 aliphatic heterocycles. The molecule has 1 aliphatic rings. The molecule has 0 saturated carbocycles. The van der Waals surface area contributed by atoms with Crippen molar-refractivity contribution in [2.75, 3.05) is 6.61 Å². The highest BCUT2D eigenvalue weighted by molar-refractivity contribution is 5.73. The summed E-state index contributed by atoms with van der Waals surface area (Å²) in [5.74, 6) is -2.34. The molecule has 1 saturated heterocycles. The van der Waals surface area contributed by atoms with Gasteiger partial charge in [-0.05, 0) is 0 Å². The summed E-state index contributed by atoms with van der Waals surface area (Å²) in [6.07, 6.45) is -4.19. The second-order valence-corrected chi connectivity index (χ2v) is 4.75. The molecule has 0 aromatic carbocycles. The molecule has 0 aliphatic carbocycles. The number of hydrogen-bond acceptors (Lipinski definition) is 8. The Morgan fingerprint density at radius 2 is 1.36 bits per heavy atom. The minimum Gasteiger partial charge on any atom is -0.456 e. The Morgan fingerprint density at radius 3 is 1.82 bits per heavy atom. The zero-order valence-electron chi connectivity index (χ0n) is 12.8. The first kappa shape index (κ1) is 17.9. The smallest absolute Gasteiger partial charge is 0.303 e. The molecule has 9 heteroatoms. The van der Waals surface area contributed by atoms with Crippen molar-refractivity contribution in [1.82, 2.24) is 5.32 Å². The van der Waals surface area contributed by atoms with E-state index in [1.165, 1.54) is 20.8 Å². The summed E-state index contributed by atoms with van der Waals surface area (Å²) in [7, 11) is 0. The normalized spacial score (nSPS) is 27.5. The second-order valence-electron chi connectivity index (χ2n) is 4.75. The summed E-state index contributed by atoms with van der Waals surface area (Å²) < 4.78 is 20.6. The van der Waals surface area contributed by atoms with Crippen LogP contribution in [0.1, 0.15) is 27.7 Å². The van der Waals surface area contributed by atoms with Gasteiger partial charge in [0, 0.05) is 27.7 Å². The molecular formula is C13H19NO8. The van der Waals surface area contributed by atoms with Crippen molar-refractivity contribution in [1.29, 1.82) is 0 Å². The van der Waals surface area contributed by atoms with E-state index in [9.17, 15) is 19.2 Å². The standard InChI is InChI=1S/C13H19NO8/c1-6(15)14-13-12(22-9(4)18)11(21-8(3)17)10(5-19-13)20-7(2)16/h10-13H,5H2,1-4H3,(H,14,15)/t10-,11+,12-,13-/m0/s1. The highest BCUT2D eigenvalue weighted by Gasteiger charge is 2.47. The maximum atomic E-state index is 11.3. The lowest BCUT2D eigenvalue weighted by molar-refractivity contribution is -0.229. The van der Waals surface area contributed by atoms with Gasteiger partial charge < -0.3 is 24.3 Å². The molecule has 1 N–H and O–H groups in total. The van der Waals surface area contributed by atoms with Crippen molar-refractivity contribution >= 4 is 23.8 Å². The molecule has 1 fully saturated rings. The average molecular weight is 317 g/mol. The monoisotopic (exact) mass is 317 g/mol. The summed E-state index contributed by atoms with van der Waals surface area (Å²) in [4.78, 5) is 44.9. The maximum Gasteiger partial charge on any atom is 0.303 e. The van der Waals surface area contributed by atoms with Crippen LogP contribution in [-0.4, -0.2) is 55.0 Å². The molecule has 0 aromatic rings. The van der Waals surface area contributed by atoms with E-state index in [0.717, 1.165) is 6.92 Å². The van der Waals surface area contributed by atoms with Gasteiger partial charge in [0.15, 0.2) is 24.5 Å². The third kappa shape index (κ3) is 5.32. The zero-order valence-corrected chi connectivity index (χ0v) is 12.8. The van der Waals surface area contributed by atoms with Crippen LogP contribution in [0.15, 0.2) is 0 Å². The first-order valence-electron chi connectivity index (χ1n) is 6.61. The van der Waals surface area contributed by atoms with Crippen molar-refractivity contribution in [3.8, 4) is 0 Å². The summed E-state index contributed by atoms with van der Waals surface area (Å²) in [6, 6.07) is 0. The molecule has 1 amide bonds. The van der Waals surface area contributed by atoms with Crippen molar-refractivity contribution in [2.24, 2.45) is 0 Å². The van der Waals surface area contributed by atoms with E-state index in [2.05, 4.69) is 5.32 Å². The highest BCUT2D eigenvalue weighted by atomic mass is 16.6. The molecule has 0 spiro atoms. The van der Waals surface area contributed by atoms with Gasteiger partial charge in [0.1, 0.15) is 0 Å². The lowest BCUT2D eigenvalue weighted by Gasteiger charge is -2.40. The number of esters is 3. The lowest BCUT2D eigenvalue weighted by atomic mass is 10.0. The maximum absolute atomic E-state index is 11.3. The zero-order chi connectivity index (χ0) is 16.9. The van der Waals surface area contributed by atoms with Gasteiger partial charge in [-0.1, -0.05) is 0 Å². The average Bonchev–Trinajstić information content (AvgIpc) is 2.34. The SMILES string of the molecule is CC(=O)N[C@H]1OC[C@H](OC(C)=O)[C@@H](OC(C)=O)[C@@H]1OC(C)=O. The van der Waals surface area contributed by atoms with E-state index in [4.69, 9.17) is 18.9 Å². The highest BCUT2D eigenvalue weighted by Crippen LogP contribution is 2.23. The van der Waals surface area contributed by atoms with E-state index < -0.39 is 48.4 Å². The van der Waals surface area contributed by atoms with Crippen LogP contribution in [0.5, 0.6) is 0 Å². The Morgan fingerprint density at radius 1 is 0.864 bits per heavy atom. The minimum atomic E-state index is -1.14. The molecule has 22 heavy (non-hydrogen) atoms. The topological polar surface area (TPSA) is 117 Å². The summed E-state index contributed by atoms with van der Waals surface area (Å²) in [5, 5.41) is 2.44. The Hall–Kier alpha value is -2.16. The predicted molar refractivity (Wildman–Crippen MR) is 70.2 cm³/mol. The van der Waals surface area contributed by atoms with Crippen LogP contribution in [0.4, 0.5) is 0 Å². The van der Waals surface area contributed by atoms with E-state index in [-0.39, 0.29) is 6.61 Å². The molecular weight excluding hydrogens is 298 g/mol. The summed E-state index contributed by atoms with van der Waals surface area (Å²) in [6.45, 7) is 4.64. The first-order chi connectivity index (χ1) is 10.2. The summed E-state index contributed by atoms with van der Waals surface area (Å²) in [5.41, 5.74) is 0. The van der Waals surface area contributed by atoms with Gasteiger partial charge in [-0.25, -0.2) is 0 Å². The number of nitrogens with one attached hydrogen (secondary N) is 1. The minimum absolute atomic E-state index is 0.125. The van der Waals surface area contributed by atoms with Crippen LogP contribution in [0.3, 0.4) is 0 Å². The molecule has 4 atom stereocenters. The van der Waals surface area contributed by atoms with Crippen molar-refractivity contribution < 1.29 is 38.1 Å². The number of carbonyl (C=O) groups excluding carboxylic acids is 4. The first-order valence-corrected chi connectivity index (χ1v) is 6.61. The Labute approximate surface area is 127 Å². The fourth-order valence-corrected chi connectivity index (χ4v) is 2.07. The van der Waals surface area contributed by atoms with Crippen LogP contribution < -0.4 is 5.32 Å². The molecule has 0 unspecified atom stereocenters. The third-order valence-corrected chi connectivity index (χ3v) is 2.70. The number of hydrogen-bond donors (Lipinski definition) is 1. The fourth-order valence-electron chi connectivity index (χ4n) is 2.07. The van der Waals surface area contributed by atoms with Gasteiger partial charge in [0.2, 0.25) is 5.91 Å². The second kappa shape index (κ2) is 7.74.